The van der Waals surface area contributed by atoms with Crippen LogP contribution >= 0.6 is 0 Å². The van der Waals surface area contributed by atoms with E-state index in [2.05, 4.69) is 82.1 Å². The number of carbonyl (C=O) groups is 2. The lowest BCUT2D eigenvalue weighted by molar-refractivity contribution is -0.129. The van der Waals surface area contributed by atoms with Gasteiger partial charge >= 0.3 is 0 Å². The second kappa shape index (κ2) is 13.2. The van der Waals surface area contributed by atoms with Gasteiger partial charge in [-0.2, -0.15) is 0 Å². The number of ether oxygens (including phenoxy) is 2. The van der Waals surface area contributed by atoms with E-state index < -0.39 is 0 Å². The lowest BCUT2D eigenvalue weighted by atomic mass is 9.84. The summed E-state index contributed by atoms with van der Waals surface area (Å²) in [4.78, 5) is 31.4. The van der Waals surface area contributed by atoms with Gasteiger partial charge in [-0.25, -0.2) is 0 Å². The van der Waals surface area contributed by atoms with Crippen molar-refractivity contribution in [3.05, 3.63) is 53.7 Å². The average molecular weight is 602 g/mol. The Bertz CT molecular complexity index is 1470. The van der Waals surface area contributed by atoms with E-state index in [1.807, 2.05) is 13.0 Å². The van der Waals surface area contributed by atoms with Gasteiger partial charge in [0.05, 0.1) is 19.1 Å². The third-order valence-corrected chi connectivity index (χ3v) is 9.80. The fraction of sp³-hybridized carbons (Fsp3) is 0.543. The van der Waals surface area contributed by atoms with E-state index in [9.17, 15) is 9.59 Å². The Hall–Kier alpha value is -3.56. The van der Waals surface area contributed by atoms with Crippen LogP contribution in [0.15, 0.2) is 42.6 Å². The van der Waals surface area contributed by atoms with E-state index in [1.165, 1.54) is 5.69 Å². The Morgan fingerprint density at radius 1 is 1.02 bits per heavy atom. The minimum atomic E-state index is -0.228. The van der Waals surface area contributed by atoms with Crippen LogP contribution in [0.3, 0.4) is 0 Å². The molecule has 3 aliphatic rings. The molecule has 0 aliphatic carbocycles. The number of nitrogens with one attached hydrogen (secondary N) is 2. The summed E-state index contributed by atoms with van der Waals surface area (Å²) in [6, 6.07) is 13.4. The molecule has 2 aromatic heterocycles. The Balaban J connectivity index is 1.34. The van der Waals surface area contributed by atoms with Crippen molar-refractivity contribution in [3.8, 4) is 11.1 Å². The molecule has 3 saturated heterocycles. The van der Waals surface area contributed by atoms with Gasteiger partial charge < -0.3 is 34.3 Å². The highest BCUT2D eigenvalue weighted by Crippen LogP contribution is 2.34. The van der Waals surface area contributed by atoms with Crippen molar-refractivity contribution in [3.63, 3.8) is 0 Å². The van der Waals surface area contributed by atoms with Gasteiger partial charge in [-0.05, 0) is 75.8 Å². The summed E-state index contributed by atoms with van der Waals surface area (Å²) in [7, 11) is 0. The zero-order valence-corrected chi connectivity index (χ0v) is 26.6. The summed E-state index contributed by atoms with van der Waals surface area (Å²) in [6.07, 6.45) is 5.03. The van der Waals surface area contributed by atoms with Crippen LogP contribution < -0.4 is 20.4 Å². The standard InChI is InChI=1S/C35H47N5O4/c1-5-39(29-10-14-43-15-11-29)35-25(4)31(33(41)36-21-32-23(2)18-24(3)37-34(32)42)20-30-19-27(22-40(30)35)26-6-8-28(9-7-26)38-12-16-44-17-13-38/h6-9,19-20,22-24,29,32H,5,10-18,21H2,1-4H3,(H,36,41)(H,37,42). The lowest BCUT2D eigenvalue weighted by Gasteiger charge is -2.37. The summed E-state index contributed by atoms with van der Waals surface area (Å²) >= 11 is 0. The summed E-state index contributed by atoms with van der Waals surface area (Å²) in [5.74, 6) is 0.928. The molecule has 236 valence electrons. The molecule has 0 radical (unpaired) electrons. The van der Waals surface area contributed by atoms with Gasteiger partial charge in [0.2, 0.25) is 5.91 Å². The molecule has 5 heterocycles. The number of fused-ring (bicyclic) bond motifs is 1. The molecular formula is C35H47N5O4. The SMILES string of the molecule is CCN(c1c(C)c(C(=O)NCC2C(=O)NC(C)CC2C)cc2cc(-c3ccc(N4CCOCC4)cc3)cn12)C1CCOCC1. The topological polar surface area (TPSA) is 87.6 Å². The molecule has 0 saturated carbocycles. The molecule has 0 spiro atoms. The Morgan fingerprint density at radius 2 is 1.73 bits per heavy atom. The molecule has 9 heteroatoms. The number of benzene rings is 1. The van der Waals surface area contributed by atoms with Crippen LogP contribution in [0, 0.1) is 18.8 Å². The Labute approximate surface area is 260 Å². The van der Waals surface area contributed by atoms with E-state index in [-0.39, 0.29) is 29.7 Å². The monoisotopic (exact) mass is 601 g/mol. The smallest absolute Gasteiger partial charge is 0.251 e. The zero-order chi connectivity index (χ0) is 30.8. The van der Waals surface area contributed by atoms with E-state index in [1.54, 1.807) is 0 Å². The number of pyridine rings is 1. The van der Waals surface area contributed by atoms with Crippen LogP contribution in [0.4, 0.5) is 11.5 Å². The predicted octanol–water partition coefficient (Wildman–Crippen LogP) is 4.65. The van der Waals surface area contributed by atoms with Gasteiger partial charge in [0.1, 0.15) is 5.82 Å². The minimum Gasteiger partial charge on any atom is -0.381 e. The number of rotatable bonds is 8. The van der Waals surface area contributed by atoms with Crippen molar-refractivity contribution < 1.29 is 19.1 Å². The quantitative estimate of drug-likeness (QED) is 0.391. The van der Waals surface area contributed by atoms with Crippen LogP contribution in [-0.2, 0) is 14.3 Å². The number of piperidine rings is 1. The van der Waals surface area contributed by atoms with Crippen molar-refractivity contribution in [1.82, 2.24) is 15.0 Å². The number of anilines is 2. The second-order valence-electron chi connectivity index (χ2n) is 12.7. The largest absolute Gasteiger partial charge is 0.381 e. The third-order valence-electron chi connectivity index (χ3n) is 9.80. The van der Waals surface area contributed by atoms with Gasteiger partial charge in [-0.15, -0.1) is 0 Å². The third kappa shape index (κ3) is 6.17. The number of morpholine rings is 1. The molecule has 9 nitrogen and oxygen atoms in total. The zero-order valence-electron chi connectivity index (χ0n) is 26.6. The van der Waals surface area contributed by atoms with Gasteiger partial charge in [0.25, 0.3) is 5.91 Å². The van der Waals surface area contributed by atoms with Crippen LogP contribution in [0.25, 0.3) is 16.6 Å². The van der Waals surface area contributed by atoms with Crippen molar-refractivity contribution in [2.75, 3.05) is 62.4 Å². The molecular weight excluding hydrogens is 554 g/mol. The first-order valence-corrected chi connectivity index (χ1v) is 16.4. The van der Waals surface area contributed by atoms with Crippen molar-refractivity contribution in [2.45, 2.75) is 59.0 Å². The maximum absolute atomic E-state index is 13.8. The Morgan fingerprint density at radius 3 is 2.41 bits per heavy atom. The molecule has 2 amide bonds. The normalized spacial score (nSPS) is 23.0. The number of amides is 2. The maximum atomic E-state index is 13.8. The Kier molecular flexibility index (Phi) is 9.14. The van der Waals surface area contributed by atoms with Crippen molar-refractivity contribution in [2.24, 2.45) is 11.8 Å². The summed E-state index contributed by atoms with van der Waals surface area (Å²) < 4.78 is 13.5. The van der Waals surface area contributed by atoms with E-state index >= 15 is 0 Å². The van der Waals surface area contributed by atoms with Gasteiger partial charge in [-0.1, -0.05) is 19.1 Å². The molecule has 3 fully saturated rings. The van der Waals surface area contributed by atoms with E-state index in [4.69, 9.17) is 9.47 Å². The van der Waals surface area contributed by atoms with E-state index in [0.29, 0.717) is 18.2 Å². The molecule has 3 aliphatic heterocycles. The van der Waals surface area contributed by atoms with Crippen LogP contribution in [0.5, 0.6) is 0 Å². The lowest BCUT2D eigenvalue weighted by Crippen LogP contribution is -2.50. The van der Waals surface area contributed by atoms with Crippen molar-refractivity contribution >= 4 is 28.8 Å². The van der Waals surface area contributed by atoms with Crippen molar-refractivity contribution in [1.29, 1.82) is 0 Å². The average Bonchev–Trinajstić information content (AvgIpc) is 3.46. The number of hydrogen-bond donors (Lipinski definition) is 2. The summed E-state index contributed by atoms with van der Waals surface area (Å²) in [6.45, 7) is 14.4. The van der Waals surface area contributed by atoms with Gasteiger partial charge in [-0.3, -0.25) is 9.59 Å². The molecule has 0 bridgehead atoms. The predicted molar refractivity (Wildman–Crippen MR) is 175 cm³/mol. The fourth-order valence-corrected chi connectivity index (χ4v) is 7.32. The van der Waals surface area contributed by atoms with Crippen LogP contribution in [0.2, 0.25) is 0 Å². The van der Waals surface area contributed by atoms with Gasteiger partial charge in [0.15, 0.2) is 0 Å². The van der Waals surface area contributed by atoms with Crippen LogP contribution in [-0.4, -0.2) is 80.9 Å². The molecule has 2 N–H and O–H groups in total. The highest BCUT2D eigenvalue weighted by Gasteiger charge is 2.33. The molecule has 6 rings (SSSR count). The first-order valence-electron chi connectivity index (χ1n) is 16.4. The molecule has 3 aromatic rings. The fourth-order valence-electron chi connectivity index (χ4n) is 7.32. The van der Waals surface area contributed by atoms with E-state index in [0.717, 1.165) is 93.3 Å². The number of carbonyl (C=O) groups excluding carboxylic acids is 2. The molecule has 44 heavy (non-hydrogen) atoms. The molecule has 1 aromatic carbocycles. The number of hydrogen-bond acceptors (Lipinski definition) is 6. The first-order chi connectivity index (χ1) is 21.3. The van der Waals surface area contributed by atoms with Crippen LogP contribution in [0.1, 0.15) is 56.0 Å². The van der Waals surface area contributed by atoms with Gasteiger partial charge in [0, 0.05) is 85.6 Å². The second-order valence-corrected chi connectivity index (χ2v) is 12.7. The molecule has 3 unspecified atom stereocenters. The molecule has 3 atom stereocenters. The minimum absolute atomic E-state index is 0.0250. The summed E-state index contributed by atoms with van der Waals surface area (Å²) in [5.41, 5.74) is 6.04. The highest BCUT2D eigenvalue weighted by atomic mass is 16.5. The maximum Gasteiger partial charge on any atom is 0.251 e. The number of aromatic nitrogens is 1. The highest BCUT2D eigenvalue weighted by molar-refractivity contribution is 5.99. The number of nitrogens with zero attached hydrogens (tertiary/aromatic N) is 3. The summed E-state index contributed by atoms with van der Waals surface area (Å²) in [5, 5.41) is 6.18. The first kappa shape index (κ1) is 30.5.